The molecular weight excluding hydrogens is 347 g/mol. The Balaban J connectivity index is 1.80. The summed E-state index contributed by atoms with van der Waals surface area (Å²) >= 11 is 1.53. The van der Waals surface area contributed by atoms with E-state index >= 15 is 0 Å². The molecule has 25 heavy (non-hydrogen) atoms. The van der Waals surface area contributed by atoms with Crippen molar-refractivity contribution in [3.05, 3.63) is 59.9 Å². The number of benzene rings is 2. The number of halogens is 1. The molecule has 2 aromatic carbocycles. The molecule has 2 N–H and O–H groups in total. The molecule has 2 rings (SSSR count). The number of rotatable bonds is 5. The van der Waals surface area contributed by atoms with Gasteiger partial charge in [-0.05, 0) is 42.7 Å². The minimum absolute atomic E-state index is 0.0707. The van der Waals surface area contributed by atoms with Crippen molar-refractivity contribution in [1.29, 1.82) is 0 Å². The zero-order chi connectivity index (χ0) is 18.2. The molecular formula is C17H15FN2O4S. The van der Waals surface area contributed by atoms with Crippen LogP contribution in [-0.4, -0.2) is 30.8 Å². The van der Waals surface area contributed by atoms with Crippen molar-refractivity contribution in [3.63, 3.8) is 0 Å². The molecule has 0 aliphatic carbocycles. The van der Waals surface area contributed by atoms with E-state index < -0.39 is 30.3 Å². The molecule has 0 saturated heterocycles. The van der Waals surface area contributed by atoms with E-state index in [9.17, 15) is 18.8 Å². The first kappa shape index (κ1) is 18.5. The molecule has 0 aromatic heterocycles. The second kappa shape index (κ2) is 8.84. The number of nitrogens with one attached hydrogen (secondary N) is 2. The van der Waals surface area contributed by atoms with Crippen molar-refractivity contribution < 1.29 is 23.5 Å². The van der Waals surface area contributed by atoms with Gasteiger partial charge in [0.25, 0.3) is 5.91 Å². The number of imide groups is 1. The summed E-state index contributed by atoms with van der Waals surface area (Å²) in [5.41, 5.74) is 0.222. The number of hydrogen-bond donors (Lipinski definition) is 2. The molecule has 0 saturated carbocycles. The number of carbonyl (C=O) groups excluding carboxylic acids is 3. The molecule has 0 unspecified atom stereocenters. The summed E-state index contributed by atoms with van der Waals surface area (Å²) in [5, 5.41) is 4.13. The molecule has 0 aliphatic heterocycles. The minimum Gasteiger partial charge on any atom is -0.452 e. The number of amides is 3. The third kappa shape index (κ3) is 5.61. The van der Waals surface area contributed by atoms with Gasteiger partial charge in [-0.3, -0.25) is 10.1 Å². The molecule has 3 amide bonds. The molecule has 8 heteroatoms. The molecule has 6 nitrogen and oxygen atoms in total. The van der Waals surface area contributed by atoms with E-state index in [1.165, 1.54) is 36.0 Å². The van der Waals surface area contributed by atoms with E-state index in [-0.39, 0.29) is 5.69 Å². The molecule has 0 radical (unpaired) electrons. The highest BCUT2D eigenvalue weighted by Gasteiger charge is 2.13. The van der Waals surface area contributed by atoms with Gasteiger partial charge in [-0.1, -0.05) is 12.1 Å². The van der Waals surface area contributed by atoms with Crippen LogP contribution in [0.15, 0.2) is 53.4 Å². The molecule has 2 aromatic rings. The van der Waals surface area contributed by atoms with E-state index in [0.717, 1.165) is 4.90 Å². The lowest BCUT2D eigenvalue weighted by Gasteiger charge is -2.08. The summed E-state index contributed by atoms with van der Waals surface area (Å²) in [4.78, 5) is 36.0. The van der Waals surface area contributed by atoms with Crippen LogP contribution in [0.4, 0.5) is 14.9 Å². The Labute approximate surface area is 147 Å². The topological polar surface area (TPSA) is 84.5 Å². The molecule has 0 aliphatic rings. The summed E-state index contributed by atoms with van der Waals surface area (Å²) in [6.45, 7) is -0.631. The maximum absolute atomic E-state index is 13.4. The Morgan fingerprint density at radius 1 is 1.08 bits per heavy atom. The van der Waals surface area contributed by atoms with Gasteiger partial charge in [0.05, 0.1) is 11.3 Å². The lowest BCUT2D eigenvalue weighted by atomic mass is 10.2. The normalized spacial score (nSPS) is 10.0. The van der Waals surface area contributed by atoms with Gasteiger partial charge < -0.3 is 10.1 Å². The lowest BCUT2D eigenvalue weighted by molar-refractivity contribution is -0.123. The Bertz CT molecular complexity index is 780. The van der Waals surface area contributed by atoms with Crippen molar-refractivity contribution in [3.8, 4) is 0 Å². The van der Waals surface area contributed by atoms with Crippen LogP contribution >= 0.6 is 11.8 Å². The van der Waals surface area contributed by atoms with Crippen molar-refractivity contribution in [2.24, 2.45) is 0 Å². The largest absolute Gasteiger partial charge is 0.452 e. The number of urea groups is 1. The molecule has 0 bridgehead atoms. The fourth-order valence-electron chi connectivity index (χ4n) is 1.82. The van der Waals surface area contributed by atoms with Gasteiger partial charge in [-0.2, -0.15) is 0 Å². The standard InChI is InChI=1S/C17H15FN2O4S/c1-25-12-8-6-11(7-9-12)16(22)24-10-15(21)20-17(23)19-14-5-3-2-4-13(14)18/h2-9H,10H2,1H3,(H2,19,20,21,23). The van der Waals surface area contributed by atoms with Gasteiger partial charge in [0, 0.05) is 4.90 Å². The lowest BCUT2D eigenvalue weighted by Crippen LogP contribution is -2.37. The SMILES string of the molecule is CSc1ccc(C(=O)OCC(=O)NC(=O)Nc2ccccc2F)cc1. The Morgan fingerprint density at radius 2 is 1.76 bits per heavy atom. The highest BCUT2D eigenvalue weighted by molar-refractivity contribution is 7.98. The van der Waals surface area contributed by atoms with Crippen LogP contribution in [-0.2, 0) is 9.53 Å². The van der Waals surface area contributed by atoms with Crippen LogP contribution in [0.5, 0.6) is 0 Å². The number of anilines is 1. The van der Waals surface area contributed by atoms with E-state index in [1.54, 1.807) is 24.3 Å². The fourth-order valence-corrected chi connectivity index (χ4v) is 2.23. The van der Waals surface area contributed by atoms with Gasteiger partial charge in [0.15, 0.2) is 6.61 Å². The maximum Gasteiger partial charge on any atom is 0.338 e. The average Bonchev–Trinajstić information content (AvgIpc) is 2.61. The van der Waals surface area contributed by atoms with Crippen molar-refractivity contribution >= 4 is 35.4 Å². The van der Waals surface area contributed by atoms with Crippen LogP contribution in [0.3, 0.4) is 0 Å². The smallest absolute Gasteiger partial charge is 0.338 e. The molecule has 0 fully saturated rings. The van der Waals surface area contributed by atoms with Gasteiger partial charge in [0.2, 0.25) is 0 Å². The maximum atomic E-state index is 13.4. The second-order valence-electron chi connectivity index (χ2n) is 4.79. The van der Waals surface area contributed by atoms with Crippen molar-refractivity contribution in [2.45, 2.75) is 4.90 Å². The first-order valence-electron chi connectivity index (χ1n) is 7.16. The predicted octanol–water partition coefficient (Wildman–Crippen LogP) is 3.05. The van der Waals surface area contributed by atoms with E-state index in [4.69, 9.17) is 4.74 Å². The highest BCUT2D eigenvalue weighted by atomic mass is 32.2. The highest BCUT2D eigenvalue weighted by Crippen LogP contribution is 2.15. The van der Waals surface area contributed by atoms with E-state index in [0.29, 0.717) is 5.56 Å². The fraction of sp³-hybridized carbons (Fsp3) is 0.118. The number of carbonyl (C=O) groups is 3. The molecule has 0 heterocycles. The van der Waals surface area contributed by atoms with Crippen LogP contribution < -0.4 is 10.6 Å². The summed E-state index contributed by atoms with van der Waals surface area (Å²) in [7, 11) is 0. The summed E-state index contributed by atoms with van der Waals surface area (Å²) < 4.78 is 18.2. The zero-order valence-electron chi connectivity index (χ0n) is 13.2. The van der Waals surface area contributed by atoms with Crippen LogP contribution in [0.2, 0.25) is 0 Å². The summed E-state index contributed by atoms with van der Waals surface area (Å²) in [5.74, 6) is -2.15. The van der Waals surface area contributed by atoms with Crippen molar-refractivity contribution in [1.82, 2.24) is 5.32 Å². The average molecular weight is 362 g/mol. The molecule has 130 valence electrons. The predicted molar refractivity (Wildman–Crippen MR) is 92.1 cm³/mol. The van der Waals surface area contributed by atoms with Crippen LogP contribution in [0.25, 0.3) is 0 Å². The van der Waals surface area contributed by atoms with Gasteiger partial charge in [0.1, 0.15) is 5.82 Å². The minimum atomic E-state index is -0.921. The Hall–Kier alpha value is -2.87. The van der Waals surface area contributed by atoms with Gasteiger partial charge >= 0.3 is 12.0 Å². The third-order valence-corrected chi connectivity index (χ3v) is 3.78. The second-order valence-corrected chi connectivity index (χ2v) is 5.67. The van der Waals surface area contributed by atoms with E-state index in [2.05, 4.69) is 5.32 Å². The first-order chi connectivity index (χ1) is 12.0. The third-order valence-electron chi connectivity index (χ3n) is 3.04. The number of ether oxygens (including phenoxy) is 1. The van der Waals surface area contributed by atoms with Gasteiger partial charge in [-0.25, -0.2) is 14.0 Å². The van der Waals surface area contributed by atoms with Crippen LogP contribution in [0, 0.1) is 5.82 Å². The molecule has 0 spiro atoms. The first-order valence-corrected chi connectivity index (χ1v) is 8.38. The quantitative estimate of drug-likeness (QED) is 0.631. The number of hydrogen-bond acceptors (Lipinski definition) is 5. The monoisotopic (exact) mass is 362 g/mol. The van der Waals surface area contributed by atoms with Crippen LogP contribution in [0.1, 0.15) is 10.4 Å². The number of thioether (sulfide) groups is 1. The Morgan fingerprint density at radius 3 is 2.40 bits per heavy atom. The molecule has 0 atom stereocenters. The van der Waals surface area contributed by atoms with E-state index in [1.807, 2.05) is 11.6 Å². The van der Waals surface area contributed by atoms with Gasteiger partial charge in [-0.15, -0.1) is 11.8 Å². The zero-order valence-corrected chi connectivity index (χ0v) is 14.1. The summed E-state index contributed by atoms with van der Waals surface area (Å²) in [6, 6.07) is 11.3. The number of para-hydroxylation sites is 1. The number of esters is 1. The van der Waals surface area contributed by atoms with Crippen molar-refractivity contribution in [2.75, 3.05) is 18.2 Å². The summed E-state index contributed by atoms with van der Waals surface area (Å²) in [6.07, 6.45) is 1.91. The Kier molecular flexibility index (Phi) is 6.53.